The molecule has 17 heavy (non-hydrogen) atoms. The predicted molar refractivity (Wildman–Crippen MR) is 67.1 cm³/mol. The Bertz CT molecular complexity index is 431. The Balaban J connectivity index is 2.09. The summed E-state index contributed by atoms with van der Waals surface area (Å²) in [4.78, 5) is 11.7. The van der Waals surface area contributed by atoms with Crippen molar-refractivity contribution >= 4 is 11.6 Å². The third-order valence-electron chi connectivity index (χ3n) is 2.96. The summed E-state index contributed by atoms with van der Waals surface area (Å²) in [5, 5.41) is 2.86. The molecule has 4 heteroatoms. The lowest BCUT2D eigenvalue weighted by Gasteiger charge is -2.10. The van der Waals surface area contributed by atoms with Crippen LogP contribution in [0, 0.1) is 5.92 Å². The number of nitrogens with two attached hydrogens (primary N) is 1. The van der Waals surface area contributed by atoms with E-state index in [1.807, 2.05) is 32.0 Å². The number of benzene rings is 1. The molecule has 0 saturated heterocycles. The number of carbonyl (C=O) groups is 1. The van der Waals surface area contributed by atoms with E-state index in [1.54, 1.807) is 0 Å². The molecule has 1 aliphatic rings. The second-order valence-corrected chi connectivity index (χ2v) is 4.58. The minimum absolute atomic E-state index is 0.0422. The van der Waals surface area contributed by atoms with E-state index < -0.39 is 0 Å². The Morgan fingerprint density at radius 3 is 3.12 bits per heavy atom. The zero-order valence-electron chi connectivity index (χ0n) is 10.2. The monoisotopic (exact) mass is 234 g/mol. The molecule has 92 valence electrons. The fraction of sp³-hybridized carbons (Fsp3) is 0.462. The molecule has 0 spiro atoms. The van der Waals surface area contributed by atoms with Crippen LogP contribution in [0.2, 0.25) is 0 Å². The van der Waals surface area contributed by atoms with Gasteiger partial charge in [0, 0.05) is 24.6 Å². The van der Waals surface area contributed by atoms with Gasteiger partial charge in [0.15, 0.2) is 0 Å². The van der Waals surface area contributed by atoms with E-state index in [4.69, 9.17) is 10.5 Å². The number of ether oxygens (including phenoxy) is 1. The molecule has 1 aliphatic heterocycles. The summed E-state index contributed by atoms with van der Waals surface area (Å²) in [6.45, 7) is 4.21. The minimum atomic E-state index is -0.168. The van der Waals surface area contributed by atoms with Crippen LogP contribution in [0.25, 0.3) is 0 Å². The number of anilines is 1. The van der Waals surface area contributed by atoms with Crippen LogP contribution < -0.4 is 15.8 Å². The van der Waals surface area contributed by atoms with Crippen molar-refractivity contribution in [1.82, 2.24) is 0 Å². The lowest BCUT2D eigenvalue weighted by Crippen LogP contribution is -2.26. The standard InChI is InChI=1S/C13H18N2O2/c1-8(7-14)13(16)15-11-3-4-12-10(6-11)5-9(2)17-12/h3-4,6,8-9H,5,7,14H2,1-2H3,(H,15,16). The third-order valence-corrected chi connectivity index (χ3v) is 2.96. The number of carbonyl (C=O) groups excluding carboxylic acids is 1. The van der Waals surface area contributed by atoms with Gasteiger partial charge in [-0.25, -0.2) is 0 Å². The number of hydrogen-bond donors (Lipinski definition) is 2. The maximum absolute atomic E-state index is 11.7. The zero-order chi connectivity index (χ0) is 12.4. The molecule has 0 fully saturated rings. The highest BCUT2D eigenvalue weighted by atomic mass is 16.5. The molecule has 2 atom stereocenters. The lowest BCUT2D eigenvalue weighted by molar-refractivity contribution is -0.119. The minimum Gasteiger partial charge on any atom is -0.490 e. The summed E-state index contributed by atoms with van der Waals surface area (Å²) in [5.74, 6) is 0.709. The van der Waals surface area contributed by atoms with Crippen molar-refractivity contribution in [2.75, 3.05) is 11.9 Å². The van der Waals surface area contributed by atoms with Crippen molar-refractivity contribution in [3.05, 3.63) is 23.8 Å². The molecule has 0 aliphatic carbocycles. The molecule has 3 N–H and O–H groups in total. The Morgan fingerprint density at radius 1 is 1.65 bits per heavy atom. The van der Waals surface area contributed by atoms with Crippen molar-refractivity contribution in [3.8, 4) is 5.75 Å². The highest BCUT2D eigenvalue weighted by molar-refractivity contribution is 5.92. The van der Waals surface area contributed by atoms with Crippen LogP contribution in [0.5, 0.6) is 5.75 Å². The van der Waals surface area contributed by atoms with Gasteiger partial charge in [0.2, 0.25) is 5.91 Å². The van der Waals surface area contributed by atoms with Gasteiger partial charge >= 0.3 is 0 Å². The molecular formula is C13H18N2O2. The van der Waals surface area contributed by atoms with E-state index in [9.17, 15) is 4.79 Å². The average Bonchev–Trinajstić information content (AvgIpc) is 2.67. The molecule has 1 amide bonds. The molecule has 1 aromatic carbocycles. The Hall–Kier alpha value is -1.55. The van der Waals surface area contributed by atoms with Crippen LogP contribution in [-0.4, -0.2) is 18.6 Å². The Morgan fingerprint density at radius 2 is 2.41 bits per heavy atom. The molecule has 2 rings (SSSR count). The highest BCUT2D eigenvalue weighted by Gasteiger charge is 2.19. The van der Waals surface area contributed by atoms with Gasteiger partial charge in [-0.2, -0.15) is 0 Å². The van der Waals surface area contributed by atoms with Crippen LogP contribution in [0.3, 0.4) is 0 Å². The van der Waals surface area contributed by atoms with Gasteiger partial charge < -0.3 is 15.8 Å². The average molecular weight is 234 g/mol. The topological polar surface area (TPSA) is 64.4 Å². The van der Waals surface area contributed by atoms with Crippen LogP contribution in [0.15, 0.2) is 18.2 Å². The Labute approximate surface area is 101 Å². The van der Waals surface area contributed by atoms with Crippen LogP contribution in [0.1, 0.15) is 19.4 Å². The van der Waals surface area contributed by atoms with Gasteiger partial charge in [0.1, 0.15) is 11.9 Å². The van der Waals surface area contributed by atoms with E-state index in [0.717, 1.165) is 23.4 Å². The predicted octanol–water partition coefficient (Wildman–Crippen LogP) is 1.54. The van der Waals surface area contributed by atoms with Gasteiger partial charge in [-0.1, -0.05) is 6.92 Å². The van der Waals surface area contributed by atoms with Gasteiger partial charge in [-0.05, 0) is 30.7 Å². The van der Waals surface area contributed by atoms with E-state index in [2.05, 4.69) is 5.32 Å². The first-order chi connectivity index (χ1) is 8.10. The molecule has 0 aromatic heterocycles. The molecular weight excluding hydrogens is 216 g/mol. The second kappa shape index (κ2) is 4.75. The van der Waals surface area contributed by atoms with E-state index >= 15 is 0 Å². The van der Waals surface area contributed by atoms with E-state index in [0.29, 0.717) is 6.54 Å². The van der Waals surface area contributed by atoms with Crippen LogP contribution >= 0.6 is 0 Å². The first-order valence-electron chi connectivity index (χ1n) is 5.90. The van der Waals surface area contributed by atoms with Crippen molar-refractivity contribution in [2.45, 2.75) is 26.4 Å². The number of fused-ring (bicyclic) bond motifs is 1. The summed E-state index contributed by atoms with van der Waals surface area (Å²) >= 11 is 0. The summed E-state index contributed by atoms with van der Waals surface area (Å²) in [7, 11) is 0. The van der Waals surface area contributed by atoms with Gasteiger partial charge in [0.05, 0.1) is 0 Å². The first-order valence-corrected chi connectivity index (χ1v) is 5.90. The van der Waals surface area contributed by atoms with Crippen molar-refractivity contribution in [1.29, 1.82) is 0 Å². The summed E-state index contributed by atoms with van der Waals surface area (Å²) < 4.78 is 5.60. The van der Waals surface area contributed by atoms with Crippen LogP contribution in [-0.2, 0) is 11.2 Å². The number of rotatable bonds is 3. The van der Waals surface area contributed by atoms with Gasteiger partial charge in [-0.15, -0.1) is 0 Å². The molecule has 1 heterocycles. The second-order valence-electron chi connectivity index (χ2n) is 4.58. The van der Waals surface area contributed by atoms with E-state index in [-0.39, 0.29) is 17.9 Å². The van der Waals surface area contributed by atoms with Crippen molar-refractivity contribution in [2.24, 2.45) is 11.7 Å². The molecule has 4 nitrogen and oxygen atoms in total. The van der Waals surface area contributed by atoms with Gasteiger partial charge in [0.25, 0.3) is 0 Å². The van der Waals surface area contributed by atoms with Gasteiger partial charge in [-0.3, -0.25) is 4.79 Å². The number of nitrogens with one attached hydrogen (secondary N) is 1. The number of amides is 1. The third kappa shape index (κ3) is 2.58. The summed E-state index contributed by atoms with van der Waals surface area (Å²) in [6.07, 6.45) is 1.12. The molecule has 2 unspecified atom stereocenters. The van der Waals surface area contributed by atoms with Crippen molar-refractivity contribution < 1.29 is 9.53 Å². The zero-order valence-corrected chi connectivity index (χ0v) is 10.2. The quantitative estimate of drug-likeness (QED) is 0.834. The fourth-order valence-corrected chi connectivity index (χ4v) is 1.87. The lowest BCUT2D eigenvalue weighted by atomic mass is 10.1. The normalized spacial score (nSPS) is 19.4. The maximum Gasteiger partial charge on any atom is 0.228 e. The highest BCUT2D eigenvalue weighted by Crippen LogP contribution is 2.30. The fourth-order valence-electron chi connectivity index (χ4n) is 1.87. The Kier molecular flexibility index (Phi) is 3.33. The summed E-state index contributed by atoms with van der Waals surface area (Å²) in [5.41, 5.74) is 7.41. The molecule has 0 radical (unpaired) electrons. The molecule has 0 bridgehead atoms. The number of hydrogen-bond acceptors (Lipinski definition) is 3. The molecule has 0 saturated carbocycles. The van der Waals surface area contributed by atoms with E-state index in [1.165, 1.54) is 0 Å². The van der Waals surface area contributed by atoms with Crippen LogP contribution in [0.4, 0.5) is 5.69 Å². The maximum atomic E-state index is 11.7. The van der Waals surface area contributed by atoms with Crippen molar-refractivity contribution in [3.63, 3.8) is 0 Å². The first kappa shape index (κ1) is 11.9. The largest absolute Gasteiger partial charge is 0.490 e. The molecule has 1 aromatic rings. The summed E-state index contributed by atoms with van der Waals surface area (Å²) in [6, 6.07) is 5.74. The SMILES string of the molecule is CC1Cc2cc(NC(=O)C(C)CN)ccc2O1. The smallest absolute Gasteiger partial charge is 0.228 e.